The summed E-state index contributed by atoms with van der Waals surface area (Å²) < 4.78 is 0. The minimum Gasteiger partial charge on any atom is -0.316 e. The van der Waals surface area contributed by atoms with Crippen LogP contribution in [0.25, 0.3) is 0 Å². The predicted octanol–water partition coefficient (Wildman–Crippen LogP) is 2.47. The van der Waals surface area contributed by atoms with Crippen LogP contribution in [-0.4, -0.2) is 31.2 Å². The quantitative estimate of drug-likeness (QED) is 0.565. The third-order valence-corrected chi connectivity index (χ3v) is 4.37. The SMILES string of the molecule is CC/C(CC(N)N)=C(/CC)C1CCC(N(C)C)C1. The predicted molar refractivity (Wildman–Crippen MR) is 79.2 cm³/mol. The van der Waals surface area contributed by atoms with E-state index in [9.17, 15) is 0 Å². The van der Waals surface area contributed by atoms with Gasteiger partial charge in [-0.05, 0) is 58.5 Å². The summed E-state index contributed by atoms with van der Waals surface area (Å²) in [6.07, 6.45) is 6.87. The number of rotatable bonds is 6. The van der Waals surface area contributed by atoms with Gasteiger partial charge in [0.15, 0.2) is 0 Å². The van der Waals surface area contributed by atoms with Crippen LogP contribution in [0.5, 0.6) is 0 Å². The van der Waals surface area contributed by atoms with E-state index in [1.165, 1.54) is 24.8 Å². The molecule has 0 aromatic heterocycles. The van der Waals surface area contributed by atoms with Gasteiger partial charge in [-0.1, -0.05) is 25.0 Å². The topological polar surface area (TPSA) is 55.3 Å². The molecule has 4 N–H and O–H groups in total. The molecule has 18 heavy (non-hydrogen) atoms. The molecule has 2 unspecified atom stereocenters. The molecule has 1 aliphatic carbocycles. The molecule has 0 aliphatic heterocycles. The van der Waals surface area contributed by atoms with Gasteiger partial charge in [0.05, 0.1) is 6.17 Å². The minimum atomic E-state index is -0.201. The molecule has 0 amide bonds. The molecule has 2 atom stereocenters. The Morgan fingerprint density at radius 3 is 2.22 bits per heavy atom. The first-order valence-corrected chi connectivity index (χ1v) is 7.37. The van der Waals surface area contributed by atoms with E-state index in [0.717, 1.165) is 31.2 Å². The van der Waals surface area contributed by atoms with E-state index in [4.69, 9.17) is 11.5 Å². The maximum atomic E-state index is 5.77. The lowest BCUT2D eigenvalue weighted by Crippen LogP contribution is -2.31. The zero-order valence-corrected chi connectivity index (χ0v) is 12.6. The van der Waals surface area contributed by atoms with E-state index in [1.54, 1.807) is 5.57 Å². The van der Waals surface area contributed by atoms with E-state index in [-0.39, 0.29) is 6.17 Å². The van der Waals surface area contributed by atoms with Gasteiger partial charge in [0, 0.05) is 6.04 Å². The van der Waals surface area contributed by atoms with E-state index in [1.807, 2.05) is 0 Å². The Bertz CT molecular complexity index is 281. The molecule has 0 radical (unpaired) electrons. The normalized spacial score (nSPS) is 26.0. The average molecular weight is 253 g/mol. The fourth-order valence-electron chi connectivity index (χ4n) is 3.36. The van der Waals surface area contributed by atoms with Gasteiger partial charge in [-0.15, -0.1) is 0 Å². The van der Waals surface area contributed by atoms with Crippen LogP contribution in [0.15, 0.2) is 11.1 Å². The lowest BCUT2D eigenvalue weighted by molar-refractivity contribution is 0.294. The van der Waals surface area contributed by atoms with E-state index in [2.05, 4.69) is 32.8 Å². The first-order valence-electron chi connectivity index (χ1n) is 7.37. The average Bonchev–Trinajstić information content (AvgIpc) is 2.77. The maximum Gasteiger partial charge on any atom is 0.0559 e. The molecule has 3 nitrogen and oxygen atoms in total. The highest BCUT2D eigenvalue weighted by molar-refractivity contribution is 5.19. The van der Waals surface area contributed by atoms with Crippen LogP contribution in [0.4, 0.5) is 0 Å². The number of hydrogen-bond donors (Lipinski definition) is 2. The molecule has 1 saturated carbocycles. The van der Waals surface area contributed by atoms with Gasteiger partial charge in [-0.2, -0.15) is 0 Å². The van der Waals surface area contributed by atoms with Crippen LogP contribution in [0.2, 0.25) is 0 Å². The summed E-state index contributed by atoms with van der Waals surface area (Å²) >= 11 is 0. The summed E-state index contributed by atoms with van der Waals surface area (Å²) in [6.45, 7) is 4.50. The van der Waals surface area contributed by atoms with Crippen molar-refractivity contribution in [3.8, 4) is 0 Å². The summed E-state index contributed by atoms with van der Waals surface area (Å²) in [5.74, 6) is 0.760. The molecule has 1 fully saturated rings. The molecule has 0 heterocycles. The Hall–Kier alpha value is -0.380. The highest BCUT2D eigenvalue weighted by Gasteiger charge is 2.28. The Morgan fingerprint density at radius 1 is 1.17 bits per heavy atom. The standard InChI is InChI=1S/C15H31N3/c1-5-11(10-15(16)17)14(6-2)12-7-8-13(9-12)18(3)4/h12-13,15H,5-10,16-17H2,1-4H3/b14-11+. The van der Waals surface area contributed by atoms with E-state index >= 15 is 0 Å². The fraction of sp³-hybridized carbons (Fsp3) is 0.867. The Labute approximate surface area is 113 Å². The van der Waals surface area contributed by atoms with Crippen molar-refractivity contribution >= 4 is 0 Å². The summed E-state index contributed by atoms with van der Waals surface area (Å²) in [5, 5.41) is 0. The van der Waals surface area contributed by atoms with Crippen LogP contribution in [0.3, 0.4) is 0 Å². The molecule has 0 aromatic rings. The van der Waals surface area contributed by atoms with E-state index in [0.29, 0.717) is 0 Å². The molecule has 0 spiro atoms. The second kappa shape index (κ2) is 7.27. The molecule has 1 rings (SSSR count). The minimum absolute atomic E-state index is 0.201. The number of nitrogens with zero attached hydrogens (tertiary/aromatic N) is 1. The molecule has 3 heteroatoms. The third kappa shape index (κ3) is 4.08. The number of nitrogens with two attached hydrogens (primary N) is 2. The summed E-state index contributed by atoms with van der Waals surface area (Å²) in [7, 11) is 4.39. The van der Waals surface area contributed by atoms with Crippen molar-refractivity contribution in [2.75, 3.05) is 14.1 Å². The van der Waals surface area contributed by atoms with Crippen LogP contribution in [0.1, 0.15) is 52.4 Å². The lowest BCUT2D eigenvalue weighted by atomic mass is 9.87. The van der Waals surface area contributed by atoms with Gasteiger partial charge in [-0.3, -0.25) is 0 Å². The molecule has 0 saturated heterocycles. The van der Waals surface area contributed by atoms with Crippen molar-refractivity contribution in [3.63, 3.8) is 0 Å². The third-order valence-electron chi connectivity index (χ3n) is 4.37. The van der Waals surface area contributed by atoms with Crippen LogP contribution < -0.4 is 11.5 Å². The van der Waals surface area contributed by atoms with Crippen molar-refractivity contribution in [2.45, 2.75) is 64.6 Å². The lowest BCUT2D eigenvalue weighted by Gasteiger charge is -2.22. The Morgan fingerprint density at radius 2 is 1.83 bits per heavy atom. The van der Waals surface area contributed by atoms with Gasteiger partial charge >= 0.3 is 0 Å². The first kappa shape index (κ1) is 15.7. The molecule has 1 aliphatic rings. The number of allylic oxidation sites excluding steroid dienone is 1. The van der Waals surface area contributed by atoms with Gasteiger partial charge in [0.1, 0.15) is 0 Å². The smallest absolute Gasteiger partial charge is 0.0559 e. The van der Waals surface area contributed by atoms with Crippen LogP contribution >= 0.6 is 0 Å². The molecule has 0 aromatic carbocycles. The molecule has 106 valence electrons. The zero-order chi connectivity index (χ0) is 13.7. The van der Waals surface area contributed by atoms with Gasteiger partial charge in [0.2, 0.25) is 0 Å². The second-order valence-electron chi connectivity index (χ2n) is 5.83. The Kier molecular flexibility index (Phi) is 6.33. The van der Waals surface area contributed by atoms with Crippen molar-refractivity contribution in [1.29, 1.82) is 0 Å². The van der Waals surface area contributed by atoms with Crippen LogP contribution in [-0.2, 0) is 0 Å². The first-order chi connectivity index (χ1) is 8.49. The summed E-state index contributed by atoms with van der Waals surface area (Å²) in [4.78, 5) is 2.37. The number of hydrogen-bond acceptors (Lipinski definition) is 3. The van der Waals surface area contributed by atoms with Crippen molar-refractivity contribution in [1.82, 2.24) is 4.90 Å². The van der Waals surface area contributed by atoms with Gasteiger partial charge < -0.3 is 16.4 Å². The molecular weight excluding hydrogens is 222 g/mol. The van der Waals surface area contributed by atoms with Crippen molar-refractivity contribution in [2.24, 2.45) is 17.4 Å². The molecule has 0 bridgehead atoms. The highest BCUT2D eigenvalue weighted by Crippen LogP contribution is 2.37. The van der Waals surface area contributed by atoms with Crippen LogP contribution in [0, 0.1) is 5.92 Å². The fourth-order valence-corrected chi connectivity index (χ4v) is 3.36. The molecular formula is C15H31N3. The van der Waals surface area contributed by atoms with Crippen molar-refractivity contribution < 1.29 is 0 Å². The van der Waals surface area contributed by atoms with Gasteiger partial charge in [0.25, 0.3) is 0 Å². The summed E-state index contributed by atoms with van der Waals surface area (Å²) in [5.41, 5.74) is 14.7. The summed E-state index contributed by atoms with van der Waals surface area (Å²) in [6, 6.07) is 0.751. The van der Waals surface area contributed by atoms with Crippen molar-refractivity contribution in [3.05, 3.63) is 11.1 Å². The second-order valence-corrected chi connectivity index (χ2v) is 5.83. The Balaban J connectivity index is 2.79. The van der Waals surface area contributed by atoms with Gasteiger partial charge in [-0.25, -0.2) is 0 Å². The monoisotopic (exact) mass is 253 g/mol. The largest absolute Gasteiger partial charge is 0.316 e. The maximum absolute atomic E-state index is 5.77. The highest BCUT2D eigenvalue weighted by atomic mass is 15.1. The van der Waals surface area contributed by atoms with E-state index < -0.39 is 0 Å². The zero-order valence-electron chi connectivity index (χ0n) is 12.6.